The molecule has 1 aromatic heterocycles. The highest BCUT2D eigenvalue weighted by Crippen LogP contribution is 2.17. The van der Waals surface area contributed by atoms with E-state index < -0.39 is 0 Å². The van der Waals surface area contributed by atoms with Crippen LogP contribution in [0.2, 0.25) is 0 Å². The molecule has 1 rings (SSSR count). The number of aryl methyl sites for hydroxylation is 1. The molecule has 12 heavy (non-hydrogen) atoms. The minimum Gasteiger partial charge on any atom is -0.376 e. The van der Waals surface area contributed by atoms with Gasteiger partial charge in [-0.1, -0.05) is 13.8 Å². The minimum absolute atomic E-state index is 0.790. The highest BCUT2D eigenvalue weighted by atomic mass is 32.1. The molecule has 0 fully saturated rings. The Morgan fingerprint density at radius 3 is 2.58 bits per heavy atom. The van der Waals surface area contributed by atoms with Gasteiger partial charge in [0.2, 0.25) is 0 Å². The largest absolute Gasteiger partial charge is 0.376 e. The maximum absolute atomic E-state index is 5.44. The summed E-state index contributed by atoms with van der Waals surface area (Å²) in [4.78, 5) is 2.80. The van der Waals surface area contributed by atoms with Crippen molar-refractivity contribution in [1.82, 2.24) is 0 Å². The zero-order valence-corrected chi connectivity index (χ0v) is 8.62. The average molecular weight is 184 g/mol. The number of hydrogen-bond acceptors (Lipinski definition) is 2. The zero-order valence-electron chi connectivity index (χ0n) is 7.80. The van der Waals surface area contributed by atoms with Crippen molar-refractivity contribution in [2.24, 2.45) is 0 Å². The molecule has 0 aromatic carbocycles. The van der Waals surface area contributed by atoms with Crippen LogP contribution in [0.1, 0.15) is 30.0 Å². The van der Waals surface area contributed by atoms with Crippen LogP contribution in [-0.4, -0.2) is 6.61 Å². The second kappa shape index (κ2) is 5.33. The summed E-state index contributed by atoms with van der Waals surface area (Å²) >= 11 is 1.86. The van der Waals surface area contributed by atoms with Crippen molar-refractivity contribution in [2.45, 2.75) is 33.3 Å². The van der Waals surface area contributed by atoms with Gasteiger partial charge < -0.3 is 4.74 Å². The molecule has 0 aliphatic rings. The van der Waals surface area contributed by atoms with Crippen LogP contribution in [0, 0.1) is 0 Å². The molecule has 68 valence electrons. The maximum Gasteiger partial charge on any atom is 0.0809 e. The van der Waals surface area contributed by atoms with Gasteiger partial charge in [0, 0.05) is 16.4 Å². The molecule has 0 aliphatic carbocycles. The van der Waals surface area contributed by atoms with E-state index in [1.807, 2.05) is 11.3 Å². The van der Waals surface area contributed by atoms with Crippen molar-refractivity contribution >= 4 is 11.3 Å². The average Bonchev–Trinajstić information content (AvgIpc) is 2.53. The van der Waals surface area contributed by atoms with E-state index in [9.17, 15) is 0 Å². The standard InChI is InChI=1S/C10H16OS/c1-3-7-11-8-10-6-5-9(4-2)12-10/h5-6H,3-4,7-8H2,1-2H3. The normalized spacial score (nSPS) is 10.5. The summed E-state index contributed by atoms with van der Waals surface area (Å²) in [5.74, 6) is 0. The third-order valence-electron chi connectivity index (χ3n) is 1.66. The minimum atomic E-state index is 0.790. The molecular weight excluding hydrogens is 168 g/mol. The zero-order chi connectivity index (χ0) is 8.81. The number of hydrogen-bond donors (Lipinski definition) is 0. The molecule has 0 bridgehead atoms. The Morgan fingerprint density at radius 1 is 1.25 bits per heavy atom. The van der Waals surface area contributed by atoms with Gasteiger partial charge in [-0.25, -0.2) is 0 Å². The third-order valence-corrected chi connectivity index (χ3v) is 2.86. The molecule has 0 unspecified atom stereocenters. The fraction of sp³-hybridized carbons (Fsp3) is 0.600. The molecule has 2 heteroatoms. The Hall–Kier alpha value is -0.340. The van der Waals surface area contributed by atoms with Gasteiger partial charge in [0.25, 0.3) is 0 Å². The van der Waals surface area contributed by atoms with E-state index >= 15 is 0 Å². The van der Waals surface area contributed by atoms with Gasteiger partial charge in [-0.15, -0.1) is 11.3 Å². The highest BCUT2D eigenvalue weighted by Gasteiger charge is 1.97. The van der Waals surface area contributed by atoms with E-state index in [-0.39, 0.29) is 0 Å². The van der Waals surface area contributed by atoms with Crippen LogP contribution in [0.15, 0.2) is 12.1 Å². The van der Waals surface area contributed by atoms with Gasteiger partial charge in [-0.3, -0.25) is 0 Å². The van der Waals surface area contributed by atoms with Crippen LogP contribution in [0.4, 0.5) is 0 Å². The molecule has 0 saturated carbocycles. The predicted molar refractivity (Wildman–Crippen MR) is 53.6 cm³/mol. The first kappa shape index (κ1) is 9.75. The lowest BCUT2D eigenvalue weighted by molar-refractivity contribution is 0.123. The molecular formula is C10H16OS. The SMILES string of the molecule is CCCOCc1ccc(CC)s1. The van der Waals surface area contributed by atoms with Crippen molar-refractivity contribution in [2.75, 3.05) is 6.61 Å². The lowest BCUT2D eigenvalue weighted by Gasteiger charge is -1.97. The van der Waals surface area contributed by atoms with Crippen molar-refractivity contribution in [1.29, 1.82) is 0 Å². The Balaban J connectivity index is 2.31. The van der Waals surface area contributed by atoms with Gasteiger partial charge in [0.15, 0.2) is 0 Å². The van der Waals surface area contributed by atoms with Crippen LogP contribution < -0.4 is 0 Å². The lowest BCUT2D eigenvalue weighted by atomic mass is 10.4. The summed E-state index contributed by atoms with van der Waals surface area (Å²) < 4.78 is 5.44. The summed E-state index contributed by atoms with van der Waals surface area (Å²) in [6.45, 7) is 5.98. The van der Waals surface area contributed by atoms with E-state index in [0.717, 1.165) is 26.1 Å². The Bertz CT molecular complexity index is 217. The first-order chi connectivity index (χ1) is 5.86. The summed E-state index contributed by atoms with van der Waals surface area (Å²) in [5, 5.41) is 0. The van der Waals surface area contributed by atoms with E-state index in [4.69, 9.17) is 4.74 Å². The molecule has 1 aromatic rings. The molecule has 0 radical (unpaired) electrons. The molecule has 0 saturated heterocycles. The lowest BCUT2D eigenvalue weighted by Crippen LogP contribution is -1.90. The van der Waals surface area contributed by atoms with Gasteiger partial charge in [-0.05, 0) is 25.0 Å². The molecule has 0 N–H and O–H groups in total. The Kier molecular flexibility index (Phi) is 4.33. The third kappa shape index (κ3) is 2.95. The van der Waals surface area contributed by atoms with Gasteiger partial charge >= 0.3 is 0 Å². The van der Waals surface area contributed by atoms with Crippen LogP contribution in [0.25, 0.3) is 0 Å². The Labute approximate surface area is 78.4 Å². The topological polar surface area (TPSA) is 9.23 Å². The fourth-order valence-electron chi connectivity index (χ4n) is 1.01. The second-order valence-corrected chi connectivity index (χ2v) is 4.03. The van der Waals surface area contributed by atoms with E-state index in [2.05, 4.69) is 26.0 Å². The summed E-state index contributed by atoms with van der Waals surface area (Å²) in [6, 6.07) is 4.36. The quantitative estimate of drug-likeness (QED) is 0.638. The first-order valence-electron chi connectivity index (χ1n) is 4.52. The maximum atomic E-state index is 5.44. The van der Waals surface area contributed by atoms with E-state index in [1.165, 1.54) is 9.75 Å². The predicted octanol–water partition coefficient (Wildman–Crippen LogP) is 3.24. The van der Waals surface area contributed by atoms with Crippen molar-refractivity contribution in [3.8, 4) is 0 Å². The molecule has 0 spiro atoms. The first-order valence-corrected chi connectivity index (χ1v) is 5.33. The number of rotatable bonds is 5. The van der Waals surface area contributed by atoms with Gasteiger partial charge in [0.05, 0.1) is 6.61 Å². The summed E-state index contributed by atoms with van der Waals surface area (Å²) in [6.07, 6.45) is 2.24. The van der Waals surface area contributed by atoms with Crippen LogP contribution in [0.5, 0.6) is 0 Å². The van der Waals surface area contributed by atoms with Crippen molar-refractivity contribution in [3.05, 3.63) is 21.9 Å². The molecule has 0 aliphatic heterocycles. The second-order valence-electron chi connectivity index (χ2n) is 2.77. The fourth-order valence-corrected chi connectivity index (χ4v) is 1.90. The molecule has 1 heterocycles. The molecule has 1 nitrogen and oxygen atoms in total. The summed E-state index contributed by atoms with van der Waals surface area (Å²) in [5.41, 5.74) is 0. The van der Waals surface area contributed by atoms with Gasteiger partial charge in [0.1, 0.15) is 0 Å². The Morgan fingerprint density at radius 2 is 2.00 bits per heavy atom. The van der Waals surface area contributed by atoms with Crippen molar-refractivity contribution < 1.29 is 4.74 Å². The number of ether oxygens (including phenoxy) is 1. The molecule has 0 atom stereocenters. The monoisotopic (exact) mass is 184 g/mol. The van der Waals surface area contributed by atoms with Crippen LogP contribution in [0.3, 0.4) is 0 Å². The smallest absolute Gasteiger partial charge is 0.0809 e. The van der Waals surface area contributed by atoms with E-state index in [1.54, 1.807) is 0 Å². The highest BCUT2D eigenvalue weighted by molar-refractivity contribution is 7.11. The van der Waals surface area contributed by atoms with Crippen LogP contribution >= 0.6 is 11.3 Å². The van der Waals surface area contributed by atoms with Crippen molar-refractivity contribution in [3.63, 3.8) is 0 Å². The van der Waals surface area contributed by atoms with E-state index in [0.29, 0.717) is 0 Å². The number of thiophene rings is 1. The van der Waals surface area contributed by atoms with Crippen LogP contribution in [-0.2, 0) is 17.8 Å². The molecule has 0 amide bonds. The summed E-state index contributed by atoms with van der Waals surface area (Å²) in [7, 11) is 0. The van der Waals surface area contributed by atoms with Gasteiger partial charge in [-0.2, -0.15) is 0 Å².